The highest BCUT2D eigenvalue weighted by Crippen LogP contribution is 2.39. The number of hydrogen-bond donors (Lipinski definition) is 1. The summed E-state index contributed by atoms with van der Waals surface area (Å²) in [5.74, 6) is 2.35. The Bertz CT molecular complexity index is 1150. The highest BCUT2D eigenvalue weighted by atomic mass is 35.5. The van der Waals surface area contributed by atoms with Crippen LogP contribution in [0.4, 0.5) is 5.69 Å². The SMILES string of the molecule is COc1cc(OC)c(NS(=O)(=O)c2ccc(-c3cnc(C4CCCC4)o3)s2)cc1Cl. The molecule has 0 aliphatic heterocycles. The molecule has 10 heteroatoms. The summed E-state index contributed by atoms with van der Waals surface area (Å²) in [5.41, 5.74) is 0.224. The standard InChI is InChI=1S/C20H21ClN2O5S2/c1-26-15-10-16(27-2)14(9-13(15)21)23-30(24,25)19-8-7-18(29-19)17-11-22-20(28-17)12-5-3-4-6-12/h7-12,23H,3-6H2,1-2H3. The van der Waals surface area contributed by atoms with Crippen molar-refractivity contribution in [2.24, 2.45) is 0 Å². The fourth-order valence-corrected chi connectivity index (χ4v) is 6.05. The summed E-state index contributed by atoms with van der Waals surface area (Å²) >= 11 is 7.25. The number of nitrogens with zero attached hydrogens (tertiary/aromatic N) is 1. The van der Waals surface area contributed by atoms with Crippen molar-refractivity contribution in [1.29, 1.82) is 0 Å². The Kier molecular flexibility index (Phi) is 5.95. The van der Waals surface area contributed by atoms with Gasteiger partial charge in [0.2, 0.25) is 0 Å². The number of ether oxygens (including phenoxy) is 2. The number of methoxy groups -OCH3 is 2. The van der Waals surface area contributed by atoms with Crippen molar-refractivity contribution in [3.8, 4) is 22.1 Å². The number of sulfonamides is 1. The van der Waals surface area contributed by atoms with Crippen LogP contribution in [0, 0.1) is 0 Å². The van der Waals surface area contributed by atoms with E-state index < -0.39 is 10.0 Å². The monoisotopic (exact) mass is 468 g/mol. The van der Waals surface area contributed by atoms with Gasteiger partial charge in [-0.05, 0) is 31.0 Å². The molecular formula is C20H21ClN2O5S2. The molecule has 1 fully saturated rings. The first-order chi connectivity index (χ1) is 14.4. The van der Waals surface area contributed by atoms with Crippen LogP contribution >= 0.6 is 22.9 Å². The molecule has 1 aliphatic rings. The van der Waals surface area contributed by atoms with Crippen LogP contribution < -0.4 is 14.2 Å². The van der Waals surface area contributed by atoms with Gasteiger partial charge in [-0.3, -0.25) is 4.72 Å². The third kappa shape index (κ3) is 4.14. The van der Waals surface area contributed by atoms with Crippen LogP contribution in [0.15, 0.2) is 39.1 Å². The smallest absolute Gasteiger partial charge is 0.271 e. The van der Waals surface area contributed by atoms with Crippen molar-refractivity contribution in [3.05, 3.63) is 41.4 Å². The van der Waals surface area contributed by atoms with E-state index in [4.69, 9.17) is 25.5 Å². The summed E-state index contributed by atoms with van der Waals surface area (Å²) in [6.07, 6.45) is 6.21. The van der Waals surface area contributed by atoms with Crippen molar-refractivity contribution in [2.75, 3.05) is 18.9 Å². The molecule has 3 aromatic rings. The first-order valence-electron chi connectivity index (χ1n) is 9.41. The quantitative estimate of drug-likeness (QED) is 0.490. The molecule has 0 atom stereocenters. The summed E-state index contributed by atoms with van der Waals surface area (Å²) in [7, 11) is -0.940. The van der Waals surface area contributed by atoms with Crippen LogP contribution in [0.25, 0.3) is 10.6 Å². The Morgan fingerprint density at radius 1 is 1.17 bits per heavy atom. The maximum atomic E-state index is 12.9. The molecule has 0 saturated heterocycles. The summed E-state index contributed by atoms with van der Waals surface area (Å²) in [6, 6.07) is 6.24. The van der Waals surface area contributed by atoms with Gasteiger partial charge in [-0.1, -0.05) is 24.4 Å². The lowest BCUT2D eigenvalue weighted by Gasteiger charge is -2.13. The van der Waals surface area contributed by atoms with Crippen LogP contribution in [0.5, 0.6) is 11.5 Å². The Labute approximate surface area is 184 Å². The van der Waals surface area contributed by atoms with Gasteiger partial charge in [-0.15, -0.1) is 11.3 Å². The first-order valence-corrected chi connectivity index (χ1v) is 12.1. The molecule has 4 rings (SSSR count). The lowest BCUT2D eigenvalue weighted by Crippen LogP contribution is -2.12. The van der Waals surface area contributed by atoms with E-state index in [0.717, 1.165) is 30.1 Å². The number of halogens is 1. The number of hydrogen-bond acceptors (Lipinski definition) is 7. The van der Waals surface area contributed by atoms with Gasteiger partial charge in [-0.2, -0.15) is 0 Å². The van der Waals surface area contributed by atoms with E-state index in [2.05, 4.69) is 9.71 Å². The second-order valence-electron chi connectivity index (χ2n) is 6.96. The number of thiophene rings is 1. The van der Waals surface area contributed by atoms with Gasteiger partial charge >= 0.3 is 0 Å². The normalized spacial score (nSPS) is 14.8. The van der Waals surface area contributed by atoms with E-state index in [1.165, 1.54) is 45.3 Å². The molecule has 7 nitrogen and oxygen atoms in total. The third-order valence-corrected chi connectivity index (χ3v) is 8.29. The predicted octanol–water partition coefficient (Wildman–Crippen LogP) is 5.53. The molecule has 0 spiro atoms. The molecule has 1 aromatic carbocycles. The third-order valence-electron chi connectivity index (χ3n) is 5.04. The molecular weight excluding hydrogens is 448 g/mol. The lowest BCUT2D eigenvalue weighted by atomic mass is 10.1. The number of anilines is 1. The lowest BCUT2D eigenvalue weighted by molar-refractivity contribution is 0.396. The minimum atomic E-state index is -3.85. The number of aromatic nitrogens is 1. The number of rotatable bonds is 7. The molecule has 0 amide bonds. The van der Waals surface area contributed by atoms with E-state index >= 15 is 0 Å². The maximum absolute atomic E-state index is 12.9. The topological polar surface area (TPSA) is 90.7 Å². The second-order valence-corrected chi connectivity index (χ2v) is 10.4. The average molecular weight is 469 g/mol. The molecule has 1 saturated carbocycles. The first kappa shape index (κ1) is 21.0. The van der Waals surface area contributed by atoms with Gasteiger partial charge in [0.25, 0.3) is 10.0 Å². The number of oxazole rings is 1. The van der Waals surface area contributed by atoms with Crippen molar-refractivity contribution in [2.45, 2.75) is 35.8 Å². The summed E-state index contributed by atoms with van der Waals surface area (Å²) < 4.78 is 44.8. The van der Waals surface area contributed by atoms with Crippen LogP contribution in [-0.2, 0) is 10.0 Å². The van der Waals surface area contributed by atoms with E-state index in [-0.39, 0.29) is 14.9 Å². The maximum Gasteiger partial charge on any atom is 0.271 e. The minimum absolute atomic E-state index is 0.144. The highest BCUT2D eigenvalue weighted by Gasteiger charge is 2.24. The molecule has 0 bridgehead atoms. The van der Waals surface area contributed by atoms with Gasteiger partial charge in [-0.25, -0.2) is 13.4 Å². The summed E-state index contributed by atoms with van der Waals surface area (Å²) in [6.45, 7) is 0. The van der Waals surface area contributed by atoms with Gasteiger partial charge in [0, 0.05) is 12.0 Å². The fourth-order valence-electron chi connectivity index (χ4n) is 3.49. The van der Waals surface area contributed by atoms with E-state index in [1.54, 1.807) is 12.3 Å². The zero-order valence-corrected chi connectivity index (χ0v) is 18.9. The Balaban J connectivity index is 1.58. The molecule has 1 N–H and O–H groups in total. The summed E-state index contributed by atoms with van der Waals surface area (Å²) in [5, 5.41) is 0.268. The largest absolute Gasteiger partial charge is 0.495 e. The summed E-state index contributed by atoms with van der Waals surface area (Å²) in [4.78, 5) is 5.10. The second kappa shape index (κ2) is 8.49. The van der Waals surface area contributed by atoms with Gasteiger partial charge < -0.3 is 13.9 Å². The predicted molar refractivity (Wildman–Crippen MR) is 116 cm³/mol. The molecule has 30 heavy (non-hydrogen) atoms. The minimum Gasteiger partial charge on any atom is -0.495 e. The molecule has 2 heterocycles. The highest BCUT2D eigenvalue weighted by molar-refractivity contribution is 7.94. The van der Waals surface area contributed by atoms with E-state index in [9.17, 15) is 8.42 Å². The van der Waals surface area contributed by atoms with Gasteiger partial charge in [0.05, 0.1) is 36.0 Å². The Morgan fingerprint density at radius 2 is 1.90 bits per heavy atom. The van der Waals surface area contributed by atoms with Crippen molar-refractivity contribution in [3.63, 3.8) is 0 Å². The Hall–Kier alpha value is -2.23. The zero-order chi connectivity index (χ0) is 21.3. The van der Waals surface area contributed by atoms with Crippen LogP contribution in [0.3, 0.4) is 0 Å². The van der Waals surface area contributed by atoms with E-state index in [0.29, 0.717) is 28.1 Å². The molecule has 0 unspecified atom stereocenters. The van der Waals surface area contributed by atoms with Crippen LogP contribution in [0.1, 0.15) is 37.5 Å². The number of nitrogens with one attached hydrogen (secondary N) is 1. The van der Waals surface area contributed by atoms with Crippen LogP contribution in [-0.4, -0.2) is 27.6 Å². The molecule has 2 aromatic heterocycles. The van der Waals surface area contributed by atoms with Crippen molar-refractivity contribution in [1.82, 2.24) is 4.98 Å². The number of benzene rings is 1. The Morgan fingerprint density at radius 3 is 2.60 bits per heavy atom. The average Bonchev–Trinajstić information content (AvgIpc) is 3.48. The molecule has 1 aliphatic carbocycles. The van der Waals surface area contributed by atoms with Crippen molar-refractivity contribution < 1.29 is 22.3 Å². The van der Waals surface area contributed by atoms with Gasteiger partial charge in [0.1, 0.15) is 15.7 Å². The van der Waals surface area contributed by atoms with E-state index in [1.807, 2.05) is 0 Å². The van der Waals surface area contributed by atoms with Crippen molar-refractivity contribution >= 4 is 38.6 Å². The van der Waals surface area contributed by atoms with Crippen LogP contribution in [0.2, 0.25) is 5.02 Å². The molecule has 160 valence electrons. The zero-order valence-electron chi connectivity index (χ0n) is 16.5. The molecule has 0 radical (unpaired) electrons. The van der Waals surface area contributed by atoms with Gasteiger partial charge in [0.15, 0.2) is 11.7 Å². The fraction of sp³-hybridized carbons (Fsp3) is 0.350.